The molecule has 1 saturated carbocycles. The van der Waals surface area contributed by atoms with E-state index in [1.807, 2.05) is 0 Å². The lowest BCUT2D eigenvalue weighted by Gasteiger charge is -2.35. The van der Waals surface area contributed by atoms with E-state index in [1.165, 1.54) is 32.1 Å². The number of amides is 1. The first-order valence-corrected chi connectivity index (χ1v) is 7.81. The second-order valence-corrected chi connectivity index (χ2v) is 5.89. The van der Waals surface area contributed by atoms with Crippen LogP contribution in [0.3, 0.4) is 0 Å². The van der Waals surface area contributed by atoms with Crippen molar-refractivity contribution in [3.63, 3.8) is 0 Å². The van der Waals surface area contributed by atoms with Gasteiger partial charge in [-0.2, -0.15) is 0 Å². The number of nitrogens with one attached hydrogen (secondary N) is 1. The van der Waals surface area contributed by atoms with Gasteiger partial charge in [0.05, 0.1) is 12.7 Å². The summed E-state index contributed by atoms with van der Waals surface area (Å²) in [5.41, 5.74) is 0. The van der Waals surface area contributed by atoms with Crippen molar-refractivity contribution in [1.82, 2.24) is 10.2 Å². The van der Waals surface area contributed by atoms with Gasteiger partial charge in [-0.25, -0.2) is 0 Å². The zero-order valence-corrected chi connectivity index (χ0v) is 12.0. The fourth-order valence-electron chi connectivity index (χ4n) is 3.70. The summed E-state index contributed by atoms with van der Waals surface area (Å²) < 4.78 is 0. The normalized spacial score (nSPS) is 27.8. The van der Waals surface area contributed by atoms with Crippen molar-refractivity contribution >= 4 is 5.91 Å². The van der Waals surface area contributed by atoms with Crippen molar-refractivity contribution in [1.29, 1.82) is 0 Å². The van der Waals surface area contributed by atoms with Crippen LogP contribution in [-0.2, 0) is 4.79 Å². The van der Waals surface area contributed by atoms with Crippen LogP contribution in [0.2, 0.25) is 0 Å². The van der Waals surface area contributed by atoms with E-state index in [0.717, 1.165) is 31.8 Å². The van der Waals surface area contributed by atoms with Crippen molar-refractivity contribution in [2.45, 2.75) is 77.3 Å². The highest BCUT2D eigenvalue weighted by molar-refractivity contribution is 5.84. The van der Waals surface area contributed by atoms with E-state index in [-0.39, 0.29) is 6.04 Å². The fourth-order valence-corrected chi connectivity index (χ4v) is 3.70. The summed E-state index contributed by atoms with van der Waals surface area (Å²) in [6.07, 6.45) is 9.91. The zero-order valence-electron chi connectivity index (χ0n) is 12.0. The lowest BCUT2D eigenvalue weighted by Crippen LogP contribution is -2.43. The van der Waals surface area contributed by atoms with E-state index < -0.39 is 0 Å². The maximum absolute atomic E-state index is 12.4. The molecule has 1 amide bonds. The van der Waals surface area contributed by atoms with Gasteiger partial charge < -0.3 is 4.90 Å². The number of carbonyl (C=O) groups is 1. The van der Waals surface area contributed by atoms with Gasteiger partial charge in [0.25, 0.3) is 0 Å². The van der Waals surface area contributed by atoms with Gasteiger partial charge in [0, 0.05) is 6.04 Å². The molecule has 0 aromatic rings. The summed E-state index contributed by atoms with van der Waals surface area (Å²) in [4.78, 5) is 14.5. The standard InChI is InChI=1S/C15H28N2O/c1-3-8-13-15(18)17(11-16-13)14(4-2)12-9-6-5-7-10-12/h12-14,16H,3-11H2,1-2H3. The highest BCUT2D eigenvalue weighted by atomic mass is 16.2. The first kappa shape index (κ1) is 13.9. The van der Waals surface area contributed by atoms with Gasteiger partial charge in [0.2, 0.25) is 5.91 Å². The molecular formula is C15H28N2O. The van der Waals surface area contributed by atoms with Gasteiger partial charge in [0.15, 0.2) is 0 Å². The van der Waals surface area contributed by atoms with Gasteiger partial charge in [-0.15, -0.1) is 0 Å². The molecule has 1 saturated heterocycles. The van der Waals surface area contributed by atoms with Crippen LogP contribution >= 0.6 is 0 Å². The number of nitrogens with zero attached hydrogens (tertiary/aromatic N) is 1. The molecule has 1 aliphatic heterocycles. The Kier molecular flexibility index (Phi) is 5.04. The summed E-state index contributed by atoms with van der Waals surface area (Å²) in [5, 5.41) is 3.39. The SMILES string of the molecule is CCCC1NCN(C(CC)C2CCCCC2)C1=O. The van der Waals surface area contributed by atoms with E-state index in [1.54, 1.807) is 0 Å². The van der Waals surface area contributed by atoms with E-state index in [0.29, 0.717) is 11.9 Å². The number of carbonyl (C=O) groups excluding carboxylic acids is 1. The monoisotopic (exact) mass is 252 g/mol. The van der Waals surface area contributed by atoms with E-state index in [9.17, 15) is 4.79 Å². The highest BCUT2D eigenvalue weighted by Crippen LogP contribution is 2.31. The molecule has 2 unspecified atom stereocenters. The Morgan fingerprint density at radius 1 is 1.28 bits per heavy atom. The van der Waals surface area contributed by atoms with Crippen LogP contribution in [0.1, 0.15) is 65.2 Å². The number of hydrogen-bond acceptors (Lipinski definition) is 2. The maximum Gasteiger partial charge on any atom is 0.241 e. The van der Waals surface area contributed by atoms with Crippen LogP contribution in [-0.4, -0.2) is 29.6 Å². The second-order valence-electron chi connectivity index (χ2n) is 5.89. The van der Waals surface area contributed by atoms with E-state index in [2.05, 4.69) is 24.1 Å². The predicted molar refractivity (Wildman–Crippen MR) is 74.2 cm³/mol. The van der Waals surface area contributed by atoms with Crippen molar-refractivity contribution < 1.29 is 4.79 Å². The quantitative estimate of drug-likeness (QED) is 0.816. The summed E-state index contributed by atoms with van der Waals surface area (Å²) in [6.45, 7) is 5.16. The average molecular weight is 252 g/mol. The Morgan fingerprint density at radius 3 is 2.61 bits per heavy atom. The van der Waals surface area contributed by atoms with Crippen LogP contribution in [0.5, 0.6) is 0 Å². The molecule has 0 aromatic carbocycles. The van der Waals surface area contributed by atoms with Gasteiger partial charge in [-0.3, -0.25) is 10.1 Å². The molecule has 3 heteroatoms. The van der Waals surface area contributed by atoms with Crippen molar-refractivity contribution in [3.8, 4) is 0 Å². The Morgan fingerprint density at radius 2 is 2.00 bits per heavy atom. The van der Waals surface area contributed by atoms with Crippen molar-refractivity contribution in [2.24, 2.45) is 5.92 Å². The molecule has 1 aliphatic carbocycles. The molecule has 2 atom stereocenters. The zero-order chi connectivity index (χ0) is 13.0. The predicted octanol–water partition coefficient (Wildman–Crippen LogP) is 2.90. The Labute approximate surface area is 111 Å². The Bertz CT molecular complexity index is 274. The molecule has 0 spiro atoms. The van der Waals surface area contributed by atoms with Crippen LogP contribution in [0.4, 0.5) is 0 Å². The number of hydrogen-bond donors (Lipinski definition) is 1. The lowest BCUT2D eigenvalue weighted by molar-refractivity contribution is -0.132. The first-order chi connectivity index (χ1) is 8.77. The van der Waals surface area contributed by atoms with Crippen LogP contribution < -0.4 is 5.32 Å². The molecule has 3 nitrogen and oxygen atoms in total. The van der Waals surface area contributed by atoms with E-state index in [4.69, 9.17) is 0 Å². The molecule has 0 aromatic heterocycles. The largest absolute Gasteiger partial charge is 0.325 e. The summed E-state index contributed by atoms with van der Waals surface area (Å²) >= 11 is 0. The van der Waals surface area contributed by atoms with Gasteiger partial charge in [0.1, 0.15) is 0 Å². The Balaban J connectivity index is 1.97. The maximum atomic E-state index is 12.4. The lowest BCUT2D eigenvalue weighted by atomic mass is 9.82. The van der Waals surface area contributed by atoms with Gasteiger partial charge in [-0.1, -0.05) is 39.5 Å². The average Bonchev–Trinajstić information content (AvgIpc) is 2.75. The molecular weight excluding hydrogens is 224 g/mol. The molecule has 18 heavy (non-hydrogen) atoms. The van der Waals surface area contributed by atoms with Crippen molar-refractivity contribution in [2.75, 3.05) is 6.67 Å². The van der Waals surface area contributed by atoms with Crippen LogP contribution in [0.15, 0.2) is 0 Å². The molecule has 2 aliphatic rings. The highest BCUT2D eigenvalue weighted by Gasteiger charge is 2.37. The minimum absolute atomic E-state index is 0.0904. The smallest absolute Gasteiger partial charge is 0.241 e. The molecule has 1 N–H and O–H groups in total. The molecule has 2 rings (SSSR count). The molecule has 0 bridgehead atoms. The molecule has 1 heterocycles. The first-order valence-electron chi connectivity index (χ1n) is 7.81. The van der Waals surface area contributed by atoms with E-state index >= 15 is 0 Å². The third-order valence-corrected chi connectivity index (χ3v) is 4.68. The van der Waals surface area contributed by atoms with Gasteiger partial charge in [-0.05, 0) is 31.6 Å². The third-order valence-electron chi connectivity index (χ3n) is 4.68. The minimum Gasteiger partial charge on any atom is -0.325 e. The van der Waals surface area contributed by atoms with Crippen molar-refractivity contribution in [3.05, 3.63) is 0 Å². The molecule has 104 valence electrons. The fraction of sp³-hybridized carbons (Fsp3) is 0.933. The minimum atomic E-state index is 0.0904. The second kappa shape index (κ2) is 6.55. The molecule has 2 fully saturated rings. The third kappa shape index (κ3) is 2.87. The summed E-state index contributed by atoms with van der Waals surface area (Å²) in [7, 11) is 0. The Hall–Kier alpha value is -0.570. The van der Waals surface area contributed by atoms with Crippen LogP contribution in [0.25, 0.3) is 0 Å². The van der Waals surface area contributed by atoms with Gasteiger partial charge >= 0.3 is 0 Å². The summed E-state index contributed by atoms with van der Waals surface area (Å²) in [5.74, 6) is 1.10. The molecule has 0 radical (unpaired) electrons. The topological polar surface area (TPSA) is 32.3 Å². The summed E-state index contributed by atoms with van der Waals surface area (Å²) in [6, 6.07) is 0.569. The number of rotatable bonds is 5. The van der Waals surface area contributed by atoms with Crippen LogP contribution in [0, 0.1) is 5.92 Å².